The molecule has 2 aromatic carbocycles. The molecule has 23 heavy (non-hydrogen) atoms. The van der Waals surface area contributed by atoms with E-state index in [-0.39, 0.29) is 13.2 Å². The fourth-order valence-corrected chi connectivity index (χ4v) is 2.04. The summed E-state index contributed by atoms with van der Waals surface area (Å²) in [6.07, 6.45) is -2.01. The molecular formula is C19H22F2O2. The quantitative estimate of drug-likeness (QED) is 0.623. The van der Waals surface area contributed by atoms with E-state index in [9.17, 15) is 8.78 Å². The second-order valence-electron chi connectivity index (χ2n) is 5.86. The number of ether oxygens (including phenoxy) is 2. The van der Waals surface area contributed by atoms with Crippen molar-refractivity contribution >= 4 is 0 Å². The Balaban J connectivity index is 1.93. The molecule has 0 unspecified atom stereocenters. The van der Waals surface area contributed by atoms with Gasteiger partial charge in [0.25, 0.3) is 0 Å². The summed E-state index contributed by atoms with van der Waals surface area (Å²) in [4.78, 5) is 0. The van der Waals surface area contributed by atoms with E-state index in [1.165, 1.54) is 0 Å². The van der Waals surface area contributed by atoms with Crippen molar-refractivity contribution in [2.75, 3.05) is 6.61 Å². The lowest BCUT2D eigenvalue weighted by molar-refractivity contribution is -0.0608. The van der Waals surface area contributed by atoms with Gasteiger partial charge in [0, 0.05) is 0 Å². The van der Waals surface area contributed by atoms with E-state index in [1.54, 1.807) is 13.8 Å². The molecule has 1 atom stereocenters. The molecule has 0 aliphatic heterocycles. The Morgan fingerprint density at radius 2 is 1.70 bits per heavy atom. The van der Waals surface area contributed by atoms with Crippen molar-refractivity contribution in [1.82, 2.24) is 0 Å². The predicted octanol–water partition coefficient (Wildman–Crippen LogP) is 5.68. The van der Waals surface area contributed by atoms with E-state index in [0.29, 0.717) is 12.2 Å². The molecule has 0 aromatic heterocycles. The first-order valence-corrected chi connectivity index (χ1v) is 7.71. The molecule has 0 saturated heterocycles. The Morgan fingerprint density at radius 1 is 1.00 bits per heavy atom. The highest BCUT2D eigenvalue weighted by molar-refractivity contribution is 5.33. The van der Waals surface area contributed by atoms with Gasteiger partial charge >= 0.3 is 0 Å². The molecule has 0 aliphatic rings. The standard InChI is InChI=1S/C19H22F2O2/c1-3-19(2,18(20)21)14-22-13-15-8-7-11-17(12-15)23-16-9-5-4-6-10-16/h4-12,18H,3,13-14H2,1-2H3/t19-/m0/s1. The molecule has 0 N–H and O–H groups in total. The summed E-state index contributed by atoms with van der Waals surface area (Å²) in [7, 11) is 0. The molecule has 124 valence electrons. The number of benzene rings is 2. The second kappa shape index (κ2) is 8.06. The number of hydrogen-bond donors (Lipinski definition) is 0. The van der Waals surface area contributed by atoms with Crippen LogP contribution >= 0.6 is 0 Å². The zero-order valence-electron chi connectivity index (χ0n) is 13.5. The Labute approximate surface area is 136 Å². The zero-order chi connectivity index (χ0) is 16.7. The minimum Gasteiger partial charge on any atom is -0.457 e. The van der Waals surface area contributed by atoms with Crippen LogP contribution in [0.5, 0.6) is 11.5 Å². The number of para-hydroxylation sites is 1. The van der Waals surface area contributed by atoms with Crippen LogP contribution in [0.4, 0.5) is 8.78 Å². The molecule has 0 spiro atoms. The van der Waals surface area contributed by atoms with E-state index >= 15 is 0 Å². The Hall–Kier alpha value is -1.94. The summed E-state index contributed by atoms with van der Waals surface area (Å²) in [5, 5.41) is 0. The highest BCUT2D eigenvalue weighted by Gasteiger charge is 2.33. The third-order valence-electron chi connectivity index (χ3n) is 3.91. The van der Waals surface area contributed by atoms with E-state index < -0.39 is 11.8 Å². The van der Waals surface area contributed by atoms with Gasteiger partial charge in [-0.3, -0.25) is 0 Å². The molecule has 0 saturated carbocycles. The fraction of sp³-hybridized carbons (Fsp3) is 0.368. The van der Waals surface area contributed by atoms with Crippen LogP contribution < -0.4 is 4.74 Å². The lowest BCUT2D eigenvalue weighted by Gasteiger charge is -2.26. The maximum atomic E-state index is 13.0. The van der Waals surface area contributed by atoms with Crippen molar-refractivity contribution < 1.29 is 18.3 Å². The first-order chi connectivity index (χ1) is 11.0. The molecule has 2 aromatic rings. The number of halogens is 2. The molecule has 0 heterocycles. The Morgan fingerprint density at radius 3 is 2.35 bits per heavy atom. The van der Waals surface area contributed by atoms with Gasteiger partial charge in [-0.15, -0.1) is 0 Å². The summed E-state index contributed by atoms with van der Waals surface area (Å²) in [6, 6.07) is 16.9. The number of rotatable bonds is 8. The molecular weight excluding hydrogens is 298 g/mol. The number of hydrogen-bond acceptors (Lipinski definition) is 2. The lowest BCUT2D eigenvalue weighted by atomic mass is 9.89. The van der Waals surface area contributed by atoms with Crippen molar-refractivity contribution in [2.45, 2.75) is 33.3 Å². The molecule has 4 heteroatoms. The van der Waals surface area contributed by atoms with Gasteiger partial charge in [0.05, 0.1) is 18.6 Å². The van der Waals surface area contributed by atoms with Gasteiger partial charge in [0.1, 0.15) is 11.5 Å². The predicted molar refractivity (Wildman–Crippen MR) is 87.0 cm³/mol. The van der Waals surface area contributed by atoms with Gasteiger partial charge in [-0.05, 0) is 36.2 Å². The van der Waals surface area contributed by atoms with Crippen LogP contribution in [0.3, 0.4) is 0 Å². The molecule has 0 amide bonds. The Kier molecular flexibility index (Phi) is 6.11. The van der Waals surface area contributed by atoms with Gasteiger partial charge in [-0.2, -0.15) is 0 Å². The molecule has 2 nitrogen and oxygen atoms in total. The first-order valence-electron chi connectivity index (χ1n) is 7.71. The summed E-state index contributed by atoms with van der Waals surface area (Å²) in [5.74, 6) is 1.45. The fourth-order valence-electron chi connectivity index (χ4n) is 2.04. The molecule has 0 fully saturated rings. The second-order valence-corrected chi connectivity index (χ2v) is 5.86. The topological polar surface area (TPSA) is 18.5 Å². The van der Waals surface area contributed by atoms with Crippen LogP contribution in [0, 0.1) is 5.41 Å². The molecule has 0 radical (unpaired) electrons. The van der Waals surface area contributed by atoms with Crippen molar-refractivity contribution in [3.8, 4) is 11.5 Å². The molecule has 0 bridgehead atoms. The van der Waals surface area contributed by atoms with Gasteiger partial charge in [-0.1, -0.05) is 44.2 Å². The summed E-state index contributed by atoms with van der Waals surface area (Å²) in [6.45, 7) is 3.62. The SMILES string of the molecule is CC[C@@](C)(COCc1cccc(Oc2ccccc2)c1)C(F)F. The van der Waals surface area contributed by atoms with Gasteiger partial charge in [0.2, 0.25) is 6.43 Å². The highest BCUT2D eigenvalue weighted by Crippen LogP contribution is 2.30. The third-order valence-corrected chi connectivity index (χ3v) is 3.91. The van der Waals surface area contributed by atoms with Gasteiger partial charge in [-0.25, -0.2) is 8.78 Å². The van der Waals surface area contributed by atoms with E-state index in [0.717, 1.165) is 11.3 Å². The van der Waals surface area contributed by atoms with E-state index in [1.807, 2.05) is 54.6 Å². The van der Waals surface area contributed by atoms with E-state index in [2.05, 4.69) is 0 Å². The largest absolute Gasteiger partial charge is 0.457 e. The van der Waals surface area contributed by atoms with Crippen LogP contribution in [-0.4, -0.2) is 13.0 Å². The molecule has 0 aliphatic carbocycles. The minimum absolute atomic E-state index is 0.0327. The highest BCUT2D eigenvalue weighted by atomic mass is 19.3. The van der Waals surface area contributed by atoms with Crippen LogP contribution in [0.1, 0.15) is 25.8 Å². The van der Waals surface area contributed by atoms with E-state index in [4.69, 9.17) is 9.47 Å². The summed E-state index contributed by atoms with van der Waals surface area (Å²) >= 11 is 0. The van der Waals surface area contributed by atoms with Crippen molar-refractivity contribution in [1.29, 1.82) is 0 Å². The van der Waals surface area contributed by atoms with Crippen LogP contribution in [0.25, 0.3) is 0 Å². The van der Waals surface area contributed by atoms with Crippen molar-refractivity contribution in [3.63, 3.8) is 0 Å². The van der Waals surface area contributed by atoms with Gasteiger partial charge < -0.3 is 9.47 Å². The summed E-state index contributed by atoms with van der Waals surface area (Å²) < 4.78 is 37.3. The van der Waals surface area contributed by atoms with Crippen LogP contribution in [-0.2, 0) is 11.3 Å². The van der Waals surface area contributed by atoms with Crippen LogP contribution in [0.15, 0.2) is 54.6 Å². The monoisotopic (exact) mass is 320 g/mol. The van der Waals surface area contributed by atoms with Crippen molar-refractivity contribution in [2.24, 2.45) is 5.41 Å². The van der Waals surface area contributed by atoms with Crippen LogP contribution in [0.2, 0.25) is 0 Å². The normalized spacial score (nSPS) is 13.8. The first kappa shape index (κ1) is 17.4. The average molecular weight is 320 g/mol. The minimum atomic E-state index is -2.39. The maximum Gasteiger partial charge on any atom is 0.246 e. The zero-order valence-corrected chi connectivity index (χ0v) is 13.5. The maximum absolute atomic E-state index is 13.0. The smallest absolute Gasteiger partial charge is 0.246 e. The lowest BCUT2D eigenvalue weighted by Crippen LogP contribution is -2.30. The summed E-state index contributed by atoms with van der Waals surface area (Å²) in [5.41, 5.74) is -0.204. The third kappa shape index (κ3) is 5.03. The molecule has 2 rings (SSSR count). The Bertz CT molecular complexity index is 601. The average Bonchev–Trinajstić information content (AvgIpc) is 2.56. The van der Waals surface area contributed by atoms with Gasteiger partial charge in [0.15, 0.2) is 0 Å². The van der Waals surface area contributed by atoms with Crippen molar-refractivity contribution in [3.05, 3.63) is 60.2 Å². The number of alkyl halides is 2.